The lowest BCUT2D eigenvalue weighted by atomic mass is 9.90. The number of rotatable bonds is 5. The summed E-state index contributed by atoms with van der Waals surface area (Å²) in [5, 5.41) is 2.51. The average Bonchev–Trinajstić information content (AvgIpc) is 2.93. The maximum atomic E-state index is 2.27. The third-order valence-electron chi connectivity index (χ3n) is 7.02. The zero-order chi connectivity index (χ0) is 25.9. The van der Waals surface area contributed by atoms with Crippen LogP contribution in [-0.2, 0) is 0 Å². The number of halogens is 1. The fourth-order valence-corrected chi connectivity index (χ4v) is 4.84. The standard InChI is InChI=1S/C34H34N3.ClH/c1-35(2)29-19-13-26(14-20-29)34(27-15-21-30(22-16-27)36(3)4)28-17-23-31(24-18-28)37(5)33-12-8-10-25-9-6-7-11-32(25)33;/h6-24H,1-5H3;1H/q+1;/p-1. The summed E-state index contributed by atoms with van der Waals surface area (Å²) in [6.07, 6.45) is 8.82. The van der Waals surface area contributed by atoms with Gasteiger partial charge in [-0.1, -0.05) is 60.7 Å². The van der Waals surface area contributed by atoms with E-state index >= 15 is 0 Å². The molecule has 0 aromatic heterocycles. The van der Waals surface area contributed by atoms with Gasteiger partial charge in [0.15, 0.2) is 5.71 Å². The molecule has 5 rings (SSSR count). The monoisotopic (exact) mass is 519 g/mol. The molecule has 0 fully saturated rings. The minimum absolute atomic E-state index is 0. The molecule has 4 heteroatoms. The topological polar surface area (TPSA) is 9.49 Å². The van der Waals surface area contributed by atoms with Crippen molar-refractivity contribution in [2.75, 3.05) is 45.0 Å². The quantitative estimate of drug-likeness (QED) is 0.363. The van der Waals surface area contributed by atoms with Gasteiger partial charge in [-0.15, -0.1) is 0 Å². The molecule has 3 nitrogen and oxygen atoms in total. The lowest BCUT2D eigenvalue weighted by Gasteiger charge is -2.22. The van der Waals surface area contributed by atoms with E-state index in [9.17, 15) is 0 Å². The van der Waals surface area contributed by atoms with Gasteiger partial charge in [0.1, 0.15) is 14.1 Å². The summed E-state index contributed by atoms with van der Waals surface area (Å²) in [6, 6.07) is 32.8. The Hall–Kier alpha value is -4.08. The van der Waals surface area contributed by atoms with Crippen LogP contribution < -0.4 is 22.2 Å². The highest BCUT2D eigenvalue weighted by Gasteiger charge is 2.15. The van der Waals surface area contributed by atoms with Crippen molar-refractivity contribution in [1.82, 2.24) is 0 Å². The zero-order valence-electron chi connectivity index (χ0n) is 22.7. The van der Waals surface area contributed by atoms with Gasteiger partial charge in [-0.25, -0.2) is 4.58 Å². The van der Waals surface area contributed by atoms with Crippen molar-refractivity contribution < 1.29 is 17.0 Å². The summed E-state index contributed by atoms with van der Waals surface area (Å²) >= 11 is 0. The minimum Gasteiger partial charge on any atom is -1.00 e. The Balaban J connectivity index is 0.00000336. The first-order chi connectivity index (χ1) is 17.9. The molecule has 0 saturated carbocycles. The van der Waals surface area contributed by atoms with E-state index in [4.69, 9.17) is 0 Å². The number of allylic oxidation sites excluding steroid dienone is 5. The van der Waals surface area contributed by atoms with Crippen LogP contribution in [0.25, 0.3) is 16.3 Å². The van der Waals surface area contributed by atoms with E-state index in [-0.39, 0.29) is 12.4 Å². The average molecular weight is 520 g/mol. The maximum Gasteiger partial charge on any atom is 0.199 e. The van der Waals surface area contributed by atoms with E-state index in [0.717, 1.165) is 5.69 Å². The van der Waals surface area contributed by atoms with Crippen molar-refractivity contribution in [3.8, 4) is 0 Å². The van der Waals surface area contributed by atoms with Crippen molar-refractivity contribution in [3.05, 3.63) is 132 Å². The van der Waals surface area contributed by atoms with Gasteiger partial charge >= 0.3 is 0 Å². The molecule has 0 saturated heterocycles. The first-order valence-electron chi connectivity index (χ1n) is 12.7. The van der Waals surface area contributed by atoms with Crippen molar-refractivity contribution in [1.29, 1.82) is 0 Å². The van der Waals surface area contributed by atoms with Crippen LogP contribution in [0.2, 0.25) is 0 Å². The van der Waals surface area contributed by atoms with Gasteiger partial charge in [0.05, 0.1) is 0 Å². The summed E-state index contributed by atoms with van der Waals surface area (Å²) in [5.74, 6) is 0. The normalized spacial score (nSPS) is 12.3. The molecule has 0 spiro atoms. The first-order valence-corrected chi connectivity index (χ1v) is 12.7. The number of anilines is 3. The smallest absolute Gasteiger partial charge is 0.199 e. The van der Waals surface area contributed by atoms with Crippen LogP contribution in [0.1, 0.15) is 11.1 Å². The van der Waals surface area contributed by atoms with Crippen molar-refractivity contribution in [2.45, 2.75) is 0 Å². The van der Waals surface area contributed by atoms with Crippen molar-refractivity contribution >= 4 is 39.1 Å². The lowest BCUT2D eigenvalue weighted by molar-refractivity contribution is -0.462. The fraction of sp³-hybridized carbons (Fsp3) is 0.147. The molecule has 192 valence electrons. The van der Waals surface area contributed by atoms with Gasteiger partial charge < -0.3 is 22.2 Å². The maximum absolute atomic E-state index is 2.27. The van der Waals surface area contributed by atoms with E-state index in [0.29, 0.717) is 0 Å². The summed E-state index contributed by atoms with van der Waals surface area (Å²) in [4.78, 5) is 4.40. The first kappa shape index (κ1) is 27.0. The molecule has 0 radical (unpaired) electrons. The molecular formula is C34H34ClN3. The molecule has 0 atom stereocenters. The van der Waals surface area contributed by atoms with Crippen LogP contribution in [0.5, 0.6) is 0 Å². The van der Waals surface area contributed by atoms with Gasteiger partial charge in [-0.2, -0.15) is 0 Å². The summed E-state index contributed by atoms with van der Waals surface area (Å²) < 4.78 is 2.13. The largest absolute Gasteiger partial charge is 1.00 e. The van der Waals surface area contributed by atoms with Crippen molar-refractivity contribution in [2.24, 2.45) is 0 Å². The molecule has 38 heavy (non-hydrogen) atoms. The zero-order valence-corrected chi connectivity index (χ0v) is 23.4. The number of hydrogen-bond acceptors (Lipinski definition) is 2. The second kappa shape index (κ2) is 11.5. The van der Waals surface area contributed by atoms with E-state index in [1.807, 2.05) is 0 Å². The number of hydrogen-bond donors (Lipinski definition) is 0. The molecule has 1 aliphatic rings. The Morgan fingerprint density at radius 2 is 1.16 bits per heavy atom. The Morgan fingerprint density at radius 1 is 0.605 bits per heavy atom. The second-order valence-corrected chi connectivity index (χ2v) is 9.86. The number of fused-ring (bicyclic) bond motifs is 1. The molecule has 0 heterocycles. The highest BCUT2D eigenvalue weighted by atomic mass is 35.5. The Bertz CT molecular complexity index is 1530. The van der Waals surface area contributed by atoms with E-state index < -0.39 is 0 Å². The van der Waals surface area contributed by atoms with E-state index in [1.165, 1.54) is 50.1 Å². The third-order valence-corrected chi connectivity index (χ3v) is 7.02. The van der Waals surface area contributed by atoms with Gasteiger partial charge in [0, 0.05) is 55.7 Å². The predicted octanol–water partition coefficient (Wildman–Crippen LogP) is 4.32. The predicted molar refractivity (Wildman–Crippen MR) is 161 cm³/mol. The van der Waals surface area contributed by atoms with E-state index in [2.05, 4.69) is 165 Å². The highest BCUT2D eigenvalue weighted by Crippen LogP contribution is 2.34. The van der Waals surface area contributed by atoms with Gasteiger partial charge in [0.25, 0.3) is 0 Å². The van der Waals surface area contributed by atoms with Crippen LogP contribution in [0.4, 0.5) is 17.1 Å². The Morgan fingerprint density at radius 3 is 1.74 bits per heavy atom. The van der Waals surface area contributed by atoms with Crippen LogP contribution in [0, 0.1) is 0 Å². The van der Waals surface area contributed by atoms with Crippen LogP contribution in [-0.4, -0.2) is 45.5 Å². The highest BCUT2D eigenvalue weighted by molar-refractivity contribution is 6.04. The van der Waals surface area contributed by atoms with Crippen LogP contribution >= 0.6 is 0 Å². The van der Waals surface area contributed by atoms with Gasteiger partial charge in [-0.05, 0) is 70.1 Å². The molecule has 0 aliphatic heterocycles. The molecular weight excluding hydrogens is 486 g/mol. The third kappa shape index (κ3) is 5.44. The molecule has 0 amide bonds. The molecule has 4 aromatic rings. The number of nitrogens with zero attached hydrogens (tertiary/aromatic N) is 3. The van der Waals surface area contributed by atoms with Gasteiger partial charge in [0.2, 0.25) is 0 Å². The Kier molecular flexibility index (Phi) is 8.19. The summed E-state index contributed by atoms with van der Waals surface area (Å²) in [5.41, 5.74) is 9.59. The number of benzene rings is 4. The van der Waals surface area contributed by atoms with Gasteiger partial charge in [-0.3, -0.25) is 0 Å². The second-order valence-electron chi connectivity index (χ2n) is 9.86. The van der Waals surface area contributed by atoms with Crippen molar-refractivity contribution in [3.63, 3.8) is 0 Å². The van der Waals surface area contributed by atoms with Crippen LogP contribution in [0.3, 0.4) is 0 Å². The van der Waals surface area contributed by atoms with Crippen LogP contribution in [0.15, 0.2) is 121 Å². The molecule has 0 bridgehead atoms. The van der Waals surface area contributed by atoms with E-state index in [1.54, 1.807) is 0 Å². The molecule has 0 N–H and O–H groups in total. The molecule has 0 unspecified atom stereocenters. The summed E-state index contributed by atoms with van der Waals surface area (Å²) in [7, 11) is 10.4. The lowest BCUT2D eigenvalue weighted by Crippen LogP contribution is -3.00. The SMILES string of the molecule is CN(C)c1ccc(C(=C2C=CC(=[N+](C)C)C=C2)c2ccc(N(C)c3cccc4ccccc34)cc2)cc1.[Cl-]. The minimum atomic E-state index is 0. The fourth-order valence-electron chi connectivity index (χ4n) is 4.84. The molecule has 1 aliphatic carbocycles. The Labute approximate surface area is 232 Å². The summed E-state index contributed by atoms with van der Waals surface area (Å²) in [6.45, 7) is 0. The molecule has 4 aromatic carbocycles.